The van der Waals surface area contributed by atoms with Crippen molar-refractivity contribution in [1.82, 2.24) is 35.9 Å². The molecule has 4 saturated heterocycles. The van der Waals surface area contributed by atoms with Crippen molar-refractivity contribution < 1.29 is 51.1 Å². The highest BCUT2D eigenvalue weighted by molar-refractivity contribution is 9.10. The van der Waals surface area contributed by atoms with Crippen LogP contribution in [0, 0.1) is 17.8 Å². The minimum atomic E-state index is -4.44. The second kappa shape index (κ2) is 22.6. The first-order valence-electron chi connectivity index (χ1n) is 25.6. The third-order valence-electron chi connectivity index (χ3n) is 14.9. The van der Waals surface area contributed by atoms with Gasteiger partial charge in [-0.1, -0.05) is 15.9 Å². The summed E-state index contributed by atoms with van der Waals surface area (Å²) >= 11 is 3.48. The molecule has 3 aromatic carbocycles. The Morgan fingerprint density at radius 1 is 0.597 bits per heavy atom. The van der Waals surface area contributed by atoms with Crippen molar-refractivity contribution in [1.29, 1.82) is 0 Å². The fourth-order valence-electron chi connectivity index (χ4n) is 9.49. The van der Waals surface area contributed by atoms with Crippen molar-refractivity contribution in [2.45, 2.75) is 103 Å². The van der Waals surface area contributed by atoms with Gasteiger partial charge in [-0.25, -0.2) is 0 Å². The van der Waals surface area contributed by atoms with E-state index in [2.05, 4.69) is 51.8 Å². The first kappa shape index (κ1) is 54.9. The molecule has 0 bridgehead atoms. The van der Waals surface area contributed by atoms with Crippen molar-refractivity contribution >= 4 is 78.9 Å². The maximum absolute atomic E-state index is 12.8. The van der Waals surface area contributed by atoms with Gasteiger partial charge in [0.05, 0.1) is 39.0 Å². The summed E-state index contributed by atoms with van der Waals surface area (Å²) in [7, 11) is -0.483. The second-order valence-corrected chi connectivity index (χ2v) is 21.8. The number of halogens is 4. The highest BCUT2D eigenvalue weighted by atomic mass is 79.9. The highest BCUT2D eigenvalue weighted by Gasteiger charge is 2.52. The molecule has 0 saturated carbocycles. The maximum atomic E-state index is 12.8. The molecule has 8 heterocycles. The number of carbonyl (C=O) groups is 3. The lowest BCUT2D eigenvalue weighted by Gasteiger charge is -2.32. The van der Waals surface area contributed by atoms with Gasteiger partial charge in [0.2, 0.25) is 17.7 Å². The molecule has 11 rings (SSSR count). The Hall–Kier alpha value is -6.90. The van der Waals surface area contributed by atoms with Crippen LogP contribution in [0.25, 0.3) is 44.0 Å². The number of hydrogen-bond acceptors (Lipinski definition) is 12. The predicted octanol–water partition coefficient (Wildman–Crippen LogP) is 9.56. The first-order valence-corrected chi connectivity index (χ1v) is 26.4. The van der Waals surface area contributed by atoms with E-state index in [1.54, 1.807) is 36.8 Å². The van der Waals surface area contributed by atoms with Crippen molar-refractivity contribution in [3.63, 3.8) is 0 Å². The number of fused-ring (bicyclic) bond motifs is 3. The van der Waals surface area contributed by atoms with Crippen LogP contribution >= 0.6 is 15.9 Å². The lowest BCUT2D eigenvalue weighted by atomic mass is 9.78. The Morgan fingerprint density at radius 3 is 1.44 bits per heavy atom. The van der Waals surface area contributed by atoms with E-state index in [9.17, 15) is 27.6 Å². The molecule has 0 radical (unpaired) electrons. The molecule has 7 aromatic rings. The molecular formula is C57H60BBrF3N7O8. The number of nitrogens with one attached hydrogen (secondary N) is 3. The third-order valence-corrected chi connectivity index (χ3v) is 15.4. The van der Waals surface area contributed by atoms with Crippen LogP contribution in [0.3, 0.4) is 0 Å². The van der Waals surface area contributed by atoms with Gasteiger partial charge >= 0.3 is 13.3 Å². The topological polar surface area (TPSA) is 185 Å². The quantitative estimate of drug-likeness (QED) is 0.104. The number of aromatic nitrogens is 4. The number of benzene rings is 3. The van der Waals surface area contributed by atoms with Gasteiger partial charge in [-0.15, -0.1) is 0 Å². The Labute approximate surface area is 453 Å². The van der Waals surface area contributed by atoms with Crippen LogP contribution in [0.2, 0.25) is 0 Å². The number of hydrogen-bond donors (Lipinski definition) is 3. The Balaban J connectivity index is 0.000000143. The summed E-state index contributed by atoms with van der Waals surface area (Å²) in [4.78, 5) is 51.5. The molecule has 6 atom stereocenters. The molecule has 15 nitrogen and oxygen atoms in total. The lowest BCUT2D eigenvalue weighted by molar-refractivity contribution is -0.137. The summed E-state index contributed by atoms with van der Waals surface area (Å²) in [5.41, 5.74) is 2.61. The summed E-state index contributed by atoms with van der Waals surface area (Å²) in [6.45, 7) is 15.9. The van der Waals surface area contributed by atoms with Gasteiger partial charge < -0.3 is 39.5 Å². The zero-order valence-corrected chi connectivity index (χ0v) is 45.3. The van der Waals surface area contributed by atoms with Gasteiger partial charge in [0.25, 0.3) is 0 Å². The average molecular weight is 1120 g/mol. The minimum absolute atomic E-state index is 0.000296. The second-order valence-electron chi connectivity index (χ2n) is 20.9. The number of rotatable bonds is 11. The highest BCUT2D eigenvalue weighted by Crippen LogP contribution is 2.39. The monoisotopic (exact) mass is 1120 g/mol. The van der Waals surface area contributed by atoms with Gasteiger partial charge in [-0.2, -0.15) is 13.2 Å². The summed E-state index contributed by atoms with van der Waals surface area (Å²) in [5.74, 6) is 2.69. The van der Waals surface area contributed by atoms with E-state index in [1.807, 2.05) is 103 Å². The van der Waals surface area contributed by atoms with Crippen molar-refractivity contribution in [3.8, 4) is 28.5 Å². The van der Waals surface area contributed by atoms with E-state index in [0.717, 1.165) is 60.9 Å². The molecule has 4 aliphatic rings. The van der Waals surface area contributed by atoms with E-state index < -0.39 is 30.1 Å². The van der Waals surface area contributed by atoms with Crippen LogP contribution in [0.5, 0.6) is 17.2 Å². The molecule has 0 spiro atoms. The molecule has 402 valence electrons. The van der Waals surface area contributed by atoms with Gasteiger partial charge in [-0.3, -0.25) is 34.3 Å². The summed E-state index contributed by atoms with van der Waals surface area (Å²) in [5, 5.41) is 11.2. The number of carbonyl (C=O) groups excluding carboxylic acids is 3. The molecule has 4 aromatic heterocycles. The Bertz CT molecular complexity index is 3300. The van der Waals surface area contributed by atoms with Gasteiger partial charge in [0.15, 0.2) is 0 Å². The van der Waals surface area contributed by atoms with Crippen molar-refractivity contribution in [3.05, 3.63) is 120 Å². The van der Waals surface area contributed by atoms with Crippen LogP contribution in [-0.4, -0.2) is 93.9 Å². The standard InChI is InChI=1S/C21H27BN2O4.C21H18F3N3O2.C15H15BrN2O2/c1-13(14-9-19(25)24-12-14)26-18-11-15(10-17-16(18)7-6-8-23-17)22-27-20(2,3)21(4,5)28-22;1-12(14-9-20(28)27-10-14)29-19-8-13(7-18-16(19)3-2-6-25-18)17-5-4-15(11-26-17)21(22,23)24;1-9(10-5-15(19)18-8-10)20-14-7-11(16)6-13-12(14)3-2-4-17-13/h6-8,10-11,13-14H,9,12H2,1-5H3,(H,24,25);2-8,11-12,14H,9-10H2,1H3,(H,27,28);2-4,6-7,9-10H,5,8H2,1H3,(H,18,19)/t13-,14-;12-,14-;9-,10-/m111/s1. The lowest BCUT2D eigenvalue weighted by Crippen LogP contribution is -2.41. The SMILES string of the molecule is C[C@@H](Oc1cc(-c2ccc(C(F)(F)F)cn2)cc2ncccc12)[C@H]1CNC(=O)C1.C[C@@H](Oc1cc(B2OC(C)(C)C(C)(C)O2)cc2ncccc12)[C@H]1CNC(=O)C1.C[C@@H](Oc1cc(Br)cc2ncccc12)[C@H]1CNC(=O)C1. The van der Waals surface area contributed by atoms with E-state index in [0.29, 0.717) is 61.4 Å². The van der Waals surface area contributed by atoms with E-state index >= 15 is 0 Å². The number of amides is 3. The number of alkyl halides is 3. The number of pyridine rings is 4. The molecule has 4 fully saturated rings. The summed E-state index contributed by atoms with van der Waals surface area (Å²) < 4.78 is 70.4. The molecule has 3 amide bonds. The van der Waals surface area contributed by atoms with E-state index in [4.69, 9.17) is 23.5 Å². The van der Waals surface area contributed by atoms with Crippen LogP contribution < -0.4 is 35.6 Å². The normalized spacial score (nSPS) is 20.8. The molecule has 20 heteroatoms. The smallest absolute Gasteiger partial charge is 0.490 e. The van der Waals surface area contributed by atoms with E-state index in [-0.39, 0.29) is 53.8 Å². The predicted molar refractivity (Wildman–Crippen MR) is 290 cm³/mol. The fourth-order valence-corrected chi connectivity index (χ4v) is 9.91. The Morgan fingerprint density at radius 2 is 1.03 bits per heavy atom. The minimum Gasteiger partial charge on any atom is -0.490 e. The molecule has 0 unspecified atom stereocenters. The number of ether oxygens (including phenoxy) is 3. The molecule has 0 aliphatic carbocycles. The zero-order chi connectivity index (χ0) is 54.8. The van der Waals surface area contributed by atoms with Crippen LogP contribution in [0.1, 0.15) is 73.3 Å². The summed E-state index contributed by atoms with van der Waals surface area (Å²) in [6, 6.07) is 25.2. The first-order chi connectivity index (χ1) is 36.6. The average Bonchev–Trinajstić information content (AvgIpc) is 4.25. The fraction of sp³-hybridized carbons (Fsp3) is 0.386. The summed E-state index contributed by atoms with van der Waals surface area (Å²) in [6.07, 6.45) is 2.63. The molecule has 3 N–H and O–H groups in total. The van der Waals surface area contributed by atoms with Gasteiger partial charge in [-0.05, 0) is 139 Å². The molecule has 4 aliphatic heterocycles. The molecule has 77 heavy (non-hydrogen) atoms. The van der Waals surface area contributed by atoms with Crippen LogP contribution in [0.4, 0.5) is 13.2 Å². The van der Waals surface area contributed by atoms with Crippen molar-refractivity contribution in [2.75, 3.05) is 19.6 Å². The third kappa shape index (κ3) is 12.8. The van der Waals surface area contributed by atoms with Crippen LogP contribution in [-0.2, 0) is 29.9 Å². The van der Waals surface area contributed by atoms with Crippen molar-refractivity contribution in [2.24, 2.45) is 17.8 Å². The van der Waals surface area contributed by atoms with E-state index in [1.165, 1.54) is 6.07 Å². The zero-order valence-electron chi connectivity index (χ0n) is 43.7. The van der Waals surface area contributed by atoms with Crippen LogP contribution in [0.15, 0.2) is 114 Å². The van der Waals surface area contributed by atoms with Gasteiger partial charge in [0.1, 0.15) is 35.6 Å². The van der Waals surface area contributed by atoms with Gasteiger partial charge in [0, 0.05) is 108 Å². The molecular weight excluding hydrogens is 1060 g/mol. The number of nitrogens with zero attached hydrogens (tertiary/aromatic N) is 4. The largest absolute Gasteiger partial charge is 0.495 e. The maximum Gasteiger partial charge on any atom is 0.495 e. The Kier molecular flexibility index (Phi) is 16.1.